The van der Waals surface area contributed by atoms with Gasteiger partial charge in [-0.1, -0.05) is 29.8 Å². The Morgan fingerprint density at radius 1 is 1.13 bits per heavy atom. The third-order valence-corrected chi connectivity index (χ3v) is 6.80. The summed E-state index contributed by atoms with van der Waals surface area (Å²) in [4.78, 5) is 24.7. The fourth-order valence-electron chi connectivity index (χ4n) is 3.16. The number of carbonyl (C=O) groups excluding carboxylic acids is 1. The van der Waals surface area contributed by atoms with E-state index in [9.17, 15) is 23.3 Å². The average molecular weight is 446 g/mol. The van der Waals surface area contributed by atoms with Crippen LogP contribution in [0.1, 0.15) is 11.1 Å². The molecule has 0 aromatic heterocycles. The summed E-state index contributed by atoms with van der Waals surface area (Å²) in [6, 6.07) is 12.8. The van der Waals surface area contributed by atoms with Crippen LogP contribution in [0.2, 0.25) is 0 Å². The Morgan fingerprint density at radius 3 is 2.42 bits per heavy atom. The van der Waals surface area contributed by atoms with Crippen molar-refractivity contribution in [1.29, 1.82) is 0 Å². The Labute approximate surface area is 180 Å². The van der Waals surface area contributed by atoms with E-state index in [0.717, 1.165) is 5.56 Å². The number of piperazine rings is 1. The number of sulfonamides is 1. The molecule has 0 saturated carbocycles. The van der Waals surface area contributed by atoms with Gasteiger partial charge >= 0.3 is 0 Å². The number of hydrazone groups is 1. The van der Waals surface area contributed by atoms with Gasteiger partial charge in [0.05, 0.1) is 28.1 Å². The van der Waals surface area contributed by atoms with Crippen LogP contribution < -0.4 is 5.43 Å². The van der Waals surface area contributed by atoms with Crippen molar-refractivity contribution in [3.63, 3.8) is 0 Å². The minimum atomic E-state index is -3.56. The van der Waals surface area contributed by atoms with Crippen molar-refractivity contribution < 1.29 is 18.1 Å². The Balaban J connectivity index is 1.50. The number of nitro groups is 1. The van der Waals surface area contributed by atoms with Crippen molar-refractivity contribution in [2.75, 3.05) is 32.7 Å². The van der Waals surface area contributed by atoms with Gasteiger partial charge in [0.1, 0.15) is 0 Å². The molecule has 11 heteroatoms. The molecule has 31 heavy (non-hydrogen) atoms. The minimum Gasteiger partial charge on any atom is -0.292 e. The standard InChI is InChI=1S/C20H23N5O5S/c1-16-6-8-18(9-7-16)31(29,30)24-12-10-23(11-13-24)15-20(26)22-21-14-17-4-2-3-5-19(17)25(27)28/h2-9,14H,10-13,15H2,1H3,(H,22,26)/b21-14-. The zero-order valence-corrected chi connectivity index (χ0v) is 17.8. The van der Waals surface area contributed by atoms with E-state index in [-0.39, 0.29) is 41.7 Å². The summed E-state index contributed by atoms with van der Waals surface area (Å²) in [6.45, 7) is 3.32. The van der Waals surface area contributed by atoms with Crippen LogP contribution in [0.4, 0.5) is 5.69 Å². The highest BCUT2D eigenvalue weighted by Crippen LogP contribution is 2.18. The molecule has 0 spiro atoms. The van der Waals surface area contributed by atoms with Gasteiger partial charge in [-0.05, 0) is 25.1 Å². The monoisotopic (exact) mass is 445 g/mol. The summed E-state index contributed by atoms with van der Waals surface area (Å²) < 4.78 is 26.9. The highest BCUT2D eigenvalue weighted by atomic mass is 32.2. The minimum absolute atomic E-state index is 0.0483. The number of hydrogen-bond donors (Lipinski definition) is 1. The van der Waals surface area contributed by atoms with Crippen molar-refractivity contribution in [1.82, 2.24) is 14.6 Å². The number of nitrogens with zero attached hydrogens (tertiary/aromatic N) is 4. The quantitative estimate of drug-likeness (QED) is 0.390. The third kappa shape index (κ3) is 5.72. The predicted octanol–water partition coefficient (Wildman–Crippen LogP) is 1.36. The summed E-state index contributed by atoms with van der Waals surface area (Å²) in [7, 11) is -3.56. The van der Waals surface area contributed by atoms with Gasteiger partial charge in [-0.2, -0.15) is 9.41 Å². The molecule has 1 N–H and O–H groups in total. The van der Waals surface area contributed by atoms with E-state index in [0.29, 0.717) is 13.1 Å². The first-order valence-corrected chi connectivity index (χ1v) is 11.1. The zero-order valence-electron chi connectivity index (χ0n) is 17.0. The van der Waals surface area contributed by atoms with Crippen LogP contribution in [0.25, 0.3) is 0 Å². The normalized spacial score (nSPS) is 15.8. The van der Waals surface area contributed by atoms with Crippen molar-refractivity contribution in [3.05, 3.63) is 69.8 Å². The molecule has 164 valence electrons. The number of para-hydroxylation sites is 1. The van der Waals surface area contributed by atoms with Crippen LogP contribution in [0.5, 0.6) is 0 Å². The summed E-state index contributed by atoms with van der Waals surface area (Å²) in [5.74, 6) is -0.385. The topological polar surface area (TPSA) is 125 Å². The maximum Gasteiger partial charge on any atom is 0.278 e. The van der Waals surface area contributed by atoms with Gasteiger partial charge in [-0.3, -0.25) is 19.8 Å². The maximum atomic E-state index is 12.7. The largest absolute Gasteiger partial charge is 0.292 e. The predicted molar refractivity (Wildman–Crippen MR) is 115 cm³/mol. The molecular formula is C20H23N5O5S. The van der Waals surface area contributed by atoms with Crippen LogP contribution in [0.3, 0.4) is 0 Å². The van der Waals surface area contributed by atoms with Crippen LogP contribution in [0, 0.1) is 17.0 Å². The Hall–Kier alpha value is -3.15. The fourth-order valence-corrected chi connectivity index (χ4v) is 4.58. The number of nitrogens with one attached hydrogen (secondary N) is 1. The van der Waals surface area contributed by atoms with E-state index < -0.39 is 14.9 Å². The van der Waals surface area contributed by atoms with E-state index in [1.807, 2.05) is 11.8 Å². The molecule has 0 bridgehead atoms. The molecule has 1 saturated heterocycles. The molecule has 1 fully saturated rings. The molecule has 0 radical (unpaired) electrons. The van der Waals surface area contributed by atoms with E-state index in [1.165, 1.54) is 22.7 Å². The average Bonchev–Trinajstić information content (AvgIpc) is 2.74. The molecule has 10 nitrogen and oxygen atoms in total. The molecule has 2 aromatic rings. The number of nitro benzene ring substituents is 1. The van der Waals surface area contributed by atoms with Crippen LogP contribution >= 0.6 is 0 Å². The summed E-state index contributed by atoms with van der Waals surface area (Å²) in [6.07, 6.45) is 1.22. The van der Waals surface area contributed by atoms with E-state index in [2.05, 4.69) is 10.5 Å². The number of hydrogen-bond acceptors (Lipinski definition) is 7. The molecular weight excluding hydrogens is 422 g/mol. The second-order valence-corrected chi connectivity index (χ2v) is 9.04. The van der Waals surface area contributed by atoms with Gasteiger partial charge in [0, 0.05) is 32.2 Å². The first kappa shape index (κ1) is 22.5. The lowest BCUT2D eigenvalue weighted by Crippen LogP contribution is -2.50. The van der Waals surface area contributed by atoms with Crippen molar-refractivity contribution in [2.24, 2.45) is 5.10 Å². The fraction of sp³-hybridized carbons (Fsp3) is 0.300. The molecule has 3 rings (SSSR count). The molecule has 2 aromatic carbocycles. The highest BCUT2D eigenvalue weighted by molar-refractivity contribution is 7.89. The molecule has 0 unspecified atom stereocenters. The van der Waals surface area contributed by atoms with Crippen LogP contribution in [0.15, 0.2) is 58.5 Å². The van der Waals surface area contributed by atoms with Crippen molar-refractivity contribution in [2.45, 2.75) is 11.8 Å². The second-order valence-electron chi connectivity index (χ2n) is 7.10. The van der Waals surface area contributed by atoms with E-state index in [4.69, 9.17) is 0 Å². The Kier molecular flexibility index (Phi) is 7.10. The number of benzene rings is 2. The second kappa shape index (κ2) is 9.77. The van der Waals surface area contributed by atoms with Crippen molar-refractivity contribution in [3.8, 4) is 0 Å². The summed E-state index contributed by atoms with van der Waals surface area (Å²) in [5, 5.41) is 14.8. The smallest absolute Gasteiger partial charge is 0.278 e. The van der Waals surface area contributed by atoms with E-state index >= 15 is 0 Å². The lowest BCUT2D eigenvalue weighted by atomic mass is 10.2. The van der Waals surface area contributed by atoms with Crippen LogP contribution in [-0.4, -0.2) is 67.4 Å². The van der Waals surface area contributed by atoms with Gasteiger partial charge in [-0.25, -0.2) is 13.8 Å². The van der Waals surface area contributed by atoms with Gasteiger partial charge in [0.25, 0.3) is 11.6 Å². The number of rotatable bonds is 7. The van der Waals surface area contributed by atoms with Gasteiger partial charge in [0.2, 0.25) is 10.0 Å². The number of amides is 1. The molecule has 1 aliphatic rings. The highest BCUT2D eigenvalue weighted by Gasteiger charge is 2.28. The zero-order chi connectivity index (χ0) is 22.4. The Bertz CT molecular complexity index is 1080. The molecule has 1 heterocycles. The molecule has 1 amide bonds. The summed E-state index contributed by atoms with van der Waals surface area (Å²) >= 11 is 0. The molecule has 1 aliphatic heterocycles. The lowest BCUT2D eigenvalue weighted by Gasteiger charge is -2.33. The number of carbonyl (C=O) groups is 1. The Morgan fingerprint density at radius 2 is 1.77 bits per heavy atom. The molecule has 0 aliphatic carbocycles. The SMILES string of the molecule is Cc1ccc(S(=O)(=O)N2CCN(CC(=O)N/N=C\c3ccccc3[N+](=O)[O-])CC2)cc1. The van der Waals surface area contributed by atoms with Crippen LogP contribution in [-0.2, 0) is 14.8 Å². The maximum absolute atomic E-state index is 12.7. The first-order chi connectivity index (χ1) is 14.8. The third-order valence-electron chi connectivity index (χ3n) is 4.88. The summed E-state index contributed by atoms with van der Waals surface area (Å²) in [5.41, 5.74) is 3.51. The molecule has 0 atom stereocenters. The van der Waals surface area contributed by atoms with Gasteiger partial charge < -0.3 is 0 Å². The van der Waals surface area contributed by atoms with Gasteiger partial charge in [-0.15, -0.1) is 0 Å². The van der Waals surface area contributed by atoms with Crippen molar-refractivity contribution >= 4 is 27.8 Å². The van der Waals surface area contributed by atoms with E-state index in [1.54, 1.807) is 36.4 Å². The van der Waals surface area contributed by atoms with Gasteiger partial charge in [0.15, 0.2) is 0 Å². The lowest BCUT2D eigenvalue weighted by molar-refractivity contribution is -0.385. The number of aryl methyl sites for hydroxylation is 1. The first-order valence-electron chi connectivity index (χ1n) is 9.62.